The summed E-state index contributed by atoms with van der Waals surface area (Å²) in [4.78, 5) is 23.6. The number of hydrogen-bond acceptors (Lipinski definition) is 3. The normalized spacial score (nSPS) is 10.3. The maximum atomic E-state index is 11.9. The second-order valence-corrected chi connectivity index (χ2v) is 6.27. The van der Waals surface area contributed by atoms with Gasteiger partial charge in [-0.3, -0.25) is 9.59 Å². The number of hydrogen-bond donors (Lipinski definition) is 1. The largest absolute Gasteiger partial charge is 0.455 e. The van der Waals surface area contributed by atoms with E-state index in [-0.39, 0.29) is 13.0 Å². The van der Waals surface area contributed by atoms with Gasteiger partial charge in [0.15, 0.2) is 6.61 Å². The molecule has 2 aromatic rings. The second kappa shape index (κ2) is 8.38. The van der Waals surface area contributed by atoms with Crippen LogP contribution in [0.1, 0.15) is 11.1 Å². The first-order valence-corrected chi connectivity index (χ1v) is 8.14. The van der Waals surface area contributed by atoms with E-state index in [9.17, 15) is 9.59 Å². The fourth-order valence-corrected chi connectivity index (χ4v) is 2.44. The van der Waals surface area contributed by atoms with Crippen molar-refractivity contribution in [3.63, 3.8) is 0 Å². The summed E-state index contributed by atoms with van der Waals surface area (Å²) < 4.78 is 4.96. The van der Waals surface area contributed by atoms with Crippen LogP contribution in [0.2, 0.25) is 15.1 Å². The van der Waals surface area contributed by atoms with Crippen molar-refractivity contribution in [2.45, 2.75) is 13.3 Å². The molecule has 0 radical (unpaired) electrons. The molecule has 0 spiro atoms. The molecule has 0 saturated carbocycles. The molecule has 0 aromatic heterocycles. The van der Waals surface area contributed by atoms with Gasteiger partial charge in [-0.1, -0.05) is 46.9 Å². The van der Waals surface area contributed by atoms with Crippen molar-refractivity contribution < 1.29 is 14.3 Å². The van der Waals surface area contributed by atoms with E-state index in [2.05, 4.69) is 5.32 Å². The average molecular weight is 387 g/mol. The number of halogens is 3. The van der Waals surface area contributed by atoms with Crippen molar-refractivity contribution in [3.05, 3.63) is 62.6 Å². The number of nitrogens with one attached hydrogen (secondary N) is 1. The predicted octanol–water partition coefficient (Wildman–Crippen LogP) is 4.68. The molecule has 2 rings (SSSR count). The molecule has 1 N–H and O–H groups in total. The second-order valence-electron chi connectivity index (χ2n) is 5.05. The molecule has 0 unspecified atom stereocenters. The van der Waals surface area contributed by atoms with Crippen molar-refractivity contribution in [1.82, 2.24) is 0 Å². The van der Waals surface area contributed by atoms with Crippen molar-refractivity contribution in [3.8, 4) is 0 Å². The number of benzene rings is 2. The van der Waals surface area contributed by atoms with Gasteiger partial charge in [-0.2, -0.15) is 0 Å². The van der Waals surface area contributed by atoms with Gasteiger partial charge in [0.2, 0.25) is 0 Å². The number of anilines is 1. The molecule has 0 aliphatic heterocycles. The van der Waals surface area contributed by atoms with Gasteiger partial charge in [-0.25, -0.2) is 0 Å². The fourth-order valence-electron chi connectivity index (χ4n) is 1.94. The Kier molecular flexibility index (Phi) is 6.49. The molecule has 0 aliphatic carbocycles. The zero-order valence-electron chi connectivity index (χ0n) is 12.7. The molecule has 0 bridgehead atoms. The molecule has 2 aromatic carbocycles. The van der Waals surface area contributed by atoms with Gasteiger partial charge in [0, 0.05) is 10.7 Å². The Hall–Kier alpha value is -1.75. The summed E-state index contributed by atoms with van der Waals surface area (Å²) >= 11 is 17.7. The highest BCUT2D eigenvalue weighted by Gasteiger charge is 2.11. The maximum Gasteiger partial charge on any atom is 0.310 e. The molecule has 0 atom stereocenters. The van der Waals surface area contributed by atoms with Gasteiger partial charge in [-0.05, 0) is 42.3 Å². The monoisotopic (exact) mass is 385 g/mol. The third-order valence-electron chi connectivity index (χ3n) is 3.24. The lowest BCUT2D eigenvalue weighted by molar-refractivity contribution is -0.146. The number of amides is 1. The third-order valence-corrected chi connectivity index (χ3v) is 4.39. The van der Waals surface area contributed by atoms with Crippen LogP contribution < -0.4 is 5.32 Å². The van der Waals surface area contributed by atoms with Crippen molar-refractivity contribution in [2.24, 2.45) is 0 Å². The zero-order chi connectivity index (χ0) is 17.7. The third kappa shape index (κ3) is 5.13. The van der Waals surface area contributed by atoms with Gasteiger partial charge in [-0.15, -0.1) is 0 Å². The molecule has 4 nitrogen and oxygen atoms in total. The van der Waals surface area contributed by atoms with Crippen LogP contribution in [0.3, 0.4) is 0 Å². The first-order valence-electron chi connectivity index (χ1n) is 7.01. The SMILES string of the molecule is Cc1c(Cl)cccc1NC(=O)COC(=O)Cc1ccc(Cl)c(Cl)c1. The molecule has 1 amide bonds. The summed E-state index contributed by atoms with van der Waals surface area (Å²) in [6, 6.07) is 10.0. The van der Waals surface area contributed by atoms with E-state index in [4.69, 9.17) is 39.5 Å². The Balaban J connectivity index is 1.86. The van der Waals surface area contributed by atoms with Crippen LogP contribution in [-0.4, -0.2) is 18.5 Å². The fraction of sp³-hybridized carbons (Fsp3) is 0.176. The summed E-state index contributed by atoms with van der Waals surface area (Å²) in [6.07, 6.45) is 0.000359. The van der Waals surface area contributed by atoms with E-state index in [1.807, 2.05) is 0 Å². The first-order chi connectivity index (χ1) is 11.4. The summed E-state index contributed by atoms with van der Waals surface area (Å²) in [5.41, 5.74) is 1.98. The Morgan fingerprint density at radius 3 is 2.50 bits per heavy atom. The number of esters is 1. The van der Waals surface area contributed by atoms with Crippen LogP contribution in [0.15, 0.2) is 36.4 Å². The first kappa shape index (κ1) is 18.6. The zero-order valence-corrected chi connectivity index (χ0v) is 15.0. The molecule has 0 saturated heterocycles. The smallest absolute Gasteiger partial charge is 0.310 e. The lowest BCUT2D eigenvalue weighted by atomic mass is 10.1. The molecule has 24 heavy (non-hydrogen) atoms. The van der Waals surface area contributed by atoms with Gasteiger partial charge >= 0.3 is 5.97 Å². The number of ether oxygens (including phenoxy) is 1. The van der Waals surface area contributed by atoms with Crippen molar-refractivity contribution >= 4 is 52.4 Å². The van der Waals surface area contributed by atoms with Crippen molar-refractivity contribution in [2.75, 3.05) is 11.9 Å². The van der Waals surface area contributed by atoms with E-state index in [1.165, 1.54) is 0 Å². The van der Waals surface area contributed by atoms with E-state index in [1.54, 1.807) is 43.3 Å². The Morgan fingerprint density at radius 1 is 1.04 bits per heavy atom. The molecule has 0 aliphatic rings. The van der Waals surface area contributed by atoms with Crippen LogP contribution in [0, 0.1) is 6.92 Å². The highest BCUT2D eigenvalue weighted by molar-refractivity contribution is 6.42. The standard InChI is InChI=1S/C17H14Cl3NO3/c1-10-12(18)3-2-4-15(10)21-16(22)9-24-17(23)8-11-5-6-13(19)14(20)7-11/h2-7H,8-9H2,1H3,(H,21,22). The molecule has 126 valence electrons. The van der Waals surface area contributed by atoms with E-state index < -0.39 is 11.9 Å². The quantitative estimate of drug-likeness (QED) is 0.759. The highest BCUT2D eigenvalue weighted by atomic mass is 35.5. The van der Waals surface area contributed by atoms with E-state index >= 15 is 0 Å². The maximum absolute atomic E-state index is 11.9. The molecular formula is C17H14Cl3NO3. The van der Waals surface area contributed by atoms with Crippen LogP contribution in [0.25, 0.3) is 0 Å². The summed E-state index contributed by atoms with van der Waals surface area (Å²) in [5.74, 6) is -0.978. The minimum absolute atomic E-state index is 0.000359. The number of carbonyl (C=O) groups is 2. The van der Waals surface area contributed by atoms with Crippen LogP contribution in [0.4, 0.5) is 5.69 Å². The number of carbonyl (C=O) groups excluding carboxylic acids is 2. The molecular weight excluding hydrogens is 373 g/mol. The van der Waals surface area contributed by atoms with Gasteiger partial charge in [0.25, 0.3) is 5.91 Å². The van der Waals surface area contributed by atoms with Crippen LogP contribution in [0.5, 0.6) is 0 Å². The van der Waals surface area contributed by atoms with Crippen LogP contribution >= 0.6 is 34.8 Å². The molecule has 0 fully saturated rings. The van der Waals surface area contributed by atoms with Gasteiger partial charge in [0.05, 0.1) is 16.5 Å². The topological polar surface area (TPSA) is 55.4 Å². The predicted molar refractivity (Wildman–Crippen MR) is 95.9 cm³/mol. The minimum atomic E-state index is -0.536. The highest BCUT2D eigenvalue weighted by Crippen LogP contribution is 2.23. The van der Waals surface area contributed by atoms with Crippen molar-refractivity contribution in [1.29, 1.82) is 0 Å². The Morgan fingerprint density at radius 2 is 1.79 bits per heavy atom. The lowest BCUT2D eigenvalue weighted by Crippen LogP contribution is -2.22. The molecule has 7 heteroatoms. The lowest BCUT2D eigenvalue weighted by Gasteiger charge is -2.10. The van der Waals surface area contributed by atoms with Crippen LogP contribution in [-0.2, 0) is 20.7 Å². The average Bonchev–Trinajstić information content (AvgIpc) is 2.53. The molecule has 0 heterocycles. The minimum Gasteiger partial charge on any atom is -0.455 e. The summed E-state index contributed by atoms with van der Waals surface area (Å²) in [5, 5.41) is 3.96. The summed E-state index contributed by atoms with van der Waals surface area (Å²) in [7, 11) is 0. The Labute approximate surface area is 154 Å². The van der Waals surface area contributed by atoms with Gasteiger partial charge in [0.1, 0.15) is 0 Å². The number of rotatable bonds is 5. The van der Waals surface area contributed by atoms with E-state index in [0.29, 0.717) is 26.3 Å². The Bertz CT molecular complexity index is 778. The van der Waals surface area contributed by atoms with Gasteiger partial charge < -0.3 is 10.1 Å². The van der Waals surface area contributed by atoms with E-state index in [0.717, 1.165) is 5.56 Å². The summed E-state index contributed by atoms with van der Waals surface area (Å²) in [6.45, 7) is 1.40.